The van der Waals surface area contributed by atoms with E-state index in [1.165, 1.54) is 70.6 Å². The van der Waals surface area contributed by atoms with Crippen molar-refractivity contribution < 1.29 is 9.47 Å². The van der Waals surface area contributed by atoms with Crippen molar-refractivity contribution in [2.45, 2.75) is 84.5 Å². The van der Waals surface area contributed by atoms with Gasteiger partial charge in [0.2, 0.25) is 0 Å². The Hall–Kier alpha value is -1.18. The Labute approximate surface area is 167 Å². The van der Waals surface area contributed by atoms with E-state index in [-0.39, 0.29) is 0 Å². The van der Waals surface area contributed by atoms with Gasteiger partial charge >= 0.3 is 0 Å². The average Bonchev–Trinajstić information content (AvgIpc) is 2.72. The molecule has 2 nitrogen and oxygen atoms in total. The highest BCUT2D eigenvalue weighted by atomic mass is 16.5. The lowest BCUT2D eigenvalue weighted by atomic mass is 9.78. The zero-order valence-corrected chi connectivity index (χ0v) is 17.6. The van der Waals surface area contributed by atoms with E-state index >= 15 is 0 Å². The summed E-state index contributed by atoms with van der Waals surface area (Å²) >= 11 is 0. The molecule has 0 heterocycles. The summed E-state index contributed by atoms with van der Waals surface area (Å²) in [5, 5.41) is 0. The van der Waals surface area contributed by atoms with Crippen LogP contribution in [0.25, 0.3) is 0 Å². The normalized spacial score (nSPS) is 28.7. The van der Waals surface area contributed by atoms with E-state index in [0.717, 1.165) is 48.4 Å². The second-order valence-electron chi connectivity index (χ2n) is 9.09. The predicted octanol–water partition coefficient (Wildman–Crippen LogP) is 7.27. The van der Waals surface area contributed by atoms with Gasteiger partial charge in [0, 0.05) is 0 Å². The maximum Gasteiger partial charge on any atom is 0.119 e. The van der Waals surface area contributed by atoms with E-state index < -0.39 is 0 Å². The van der Waals surface area contributed by atoms with Crippen molar-refractivity contribution in [3.05, 3.63) is 24.3 Å². The molecule has 0 spiro atoms. The van der Waals surface area contributed by atoms with Crippen LogP contribution in [0.1, 0.15) is 84.5 Å². The fourth-order valence-electron chi connectivity index (χ4n) is 5.01. The van der Waals surface area contributed by atoms with E-state index in [2.05, 4.69) is 38.1 Å². The Morgan fingerprint density at radius 2 is 1.44 bits per heavy atom. The largest absolute Gasteiger partial charge is 0.494 e. The highest BCUT2D eigenvalue weighted by molar-refractivity contribution is 5.31. The predicted molar refractivity (Wildman–Crippen MR) is 114 cm³/mol. The van der Waals surface area contributed by atoms with Crippen LogP contribution in [0.3, 0.4) is 0 Å². The third-order valence-electron chi connectivity index (χ3n) is 7.13. The zero-order valence-electron chi connectivity index (χ0n) is 17.6. The number of ether oxygens (including phenoxy) is 2. The van der Waals surface area contributed by atoms with E-state index in [9.17, 15) is 0 Å². The first-order chi connectivity index (χ1) is 13.2. The van der Waals surface area contributed by atoms with Crippen LogP contribution >= 0.6 is 0 Å². The van der Waals surface area contributed by atoms with Crippen LogP contribution in [-0.4, -0.2) is 13.2 Å². The number of hydrogen-bond acceptors (Lipinski definition) is 2. The van der Waals surface area contributed by atoms with E-state index in [0.29, 0.717) is 0 Å². The topological polar surface area (TPSA) is 18.5 Å². The fourth-order valence-corrected chi connectivity index (χ4v) is 5.01. The first kappa shape index (κ1) is 20.6. The average molecular weight is 373 g/mol. The molecule has 2 unspecified atom stereocenters. The van der Waals surface area contributed by atoms with Crippen LogP contribution in [0.4, 0.5) is 0 Å². The summed E-state index contributed by atoms with van der Waals surface area (Å²) < 4.78 is 12.0. The Bertz CT molecular complexity index is 516. The molecule has 2 saturated carbocycles. The quantitative estimate of drug-likeness (QED) is 0.424. The first-order valence-electron chi connectivity index (χ1n) is 11.6. The van der Waals surface area contributed by atoms with Gasteiger partial charge in [-0.15, -0.1) is 0 Å². The van der Waals surface area contributed by atoms with Crippen molar-refractivity contribution in [3.8, 4) is 11.5 Å². The zero-order chi connectivity index (χ0) is 18.9. The van der Waals surface area contributed by atoms with Gasteiger partial charge in [0.25, 0.3) is 0 Å². The fraction of sp³-hybridized carbons (Fsp3) is 0.760. The number of benzene rings is 1. The Morgan fingerprint density at radius 1 is 0.815 bits per heavy atom. The van der Waals surface area contributed by atoms with Crippen LogP contribution in [0.2, 0.25) is 0 Å². The molecule has 0 aliphatic heterocycles. The molecule has 2 atom stereocenters. The van der Waals surface area contributed by atoms with Crippen LogP contribution in [-0.2, 0) is 0 Å². The highest BCUT2D eigenvalue weighted by Gasteiger charge is 2.21. The molecule has 152 valence electrons. The van der Waals surface area contributed by atoms with Crippen molar-refractivity contribution in [2.24, 2.45) is 23.7 Å². The maximum absolute atomic E-state index is 6.03. The minimum Gasteiger partial charge on any atom is -0.494 e. The van der Waals surface area contributed by atoms with Crippen molar-refractivity contribution in [1.82, 2.24) is 0 Å². The minimum absolute atomic E-state index is 0.742. The minimum atomic E-state index is 0.742. The molecule has 0 amide bonds. The SMILES string of the molecule is CCC1CCC(COc2ccc(OCCCC3CCCCC3C)cc2)CC1. The van der Waals surface area contributed by atoms with Gasteiger partial charge in [-0.05, 0) is 73.6 Å². The van der Waals surface area contributed by atoms with Crippen LogP contribution in [0.5, 0.6) is 11.5 Å². The maximum atomic E-state index is 6.03. The Balaban J connectivity index is 1.30. The summed E-state index contributed by atoms with van der Waals surface area (Å²) in [5.41, 5.74) is 0. The lowest BCUT2D eigenvalue weighted by Gasteiger charge is -2.28. The molecule has 0 saturated heterocycles. The van der Waals surface area contributed by atoms with E-state index in [4.69, 9.17) is 9.47 Å². The molecule has 2 heteroatoms. The van der Waals surface area contributed by atoms with E-state index in [1.54, 1.807) is 0 Å². The molecule has 0 aromatic heterocycles. The van der Waals surface area contributed by atoms with Gasteiger partial charge in [-0.1, -0.05) is 58.8 Å². The third kappa shape index (κ3) is 6.73. The summed E-state index contributed by atoms with van der Waals surface area (Å²) in [4.78, 5) is 0. The number of rotatable bonds is 9. The number of hydrogen-bond donors (Lipinski definition) is 0. The van der Waals surface area contributed by atoms with Gasteiger partial charge in [-0.3, -0.25) is 0 Å². The van der Waals surface area contributed by atoms with Gasteiger partial charge in [0.05, 0.1) is 13.2 Å². The van der Waals surface area contributed by atoms with Gasteiger partial charge < -0.3 is 9.47 Å². The second-order valence-corrected chi connectivity index (χ2v) is 9.09. The van der Waals surface area contributed by atoms with Crippen molar-refractivity contribution >= 4 is 0 Å². The molecule has 2 fully saturated rings. The molecule has 3 rings (SSSR count). The highest BCUT2D eigenvalue weighted by Crippen LogP contribution is 2.33. The van der Waals surface area contributed by atoms with Gasteiger partial charge in [-0.25, -0.2) is 0 Å². The van der Waals surface area contributed by atoms with Crippen LogP contribution < -0.4 is 9.47 Å². The molecule has 0 radical (unpaired) electrons. The van der Waals surface area contributed by atoms with Crippen molar-refractivity contribution in [2.75, 3.05) is 13.2 Å². The van der Waals surface area contributed by atoms with Crippen molar-refractivity contribution in [1.29, 1.82) is 0 Å². The molecule has 2 aliphatic carbocycles. The molecule has 1 aromatic carbocycles. The van der Waals surface area contributed by atoms with E-state index in [1.807, 2.05) is 0 Å². The van der Waals surface area contributed by atoms with Gasteiger partial charge in [-0.2, -0.15) is 0 Å². The second kappa shape index (κ2) is 11.0. The summed E-state index contributed by atoms with van der Waals surface area (Å²) in [6, 6.07) is 8.26. The summed E-state index contributed by atoms with van der Waals surface area (Å²) in [5.74, 6) is 5.49. The van der Waals surface area contributed by atoms with Gasteiger partial charge in [0.15, 0.2) is 0 Å². The standard InChI is InChI=1S/C25H40O2/c1-3-21-10-12-22(13-11-21)19-27-25-16-14-24(15-17-25)26-18-6-9-23-8-5-4-7-20(23)2/h14-17,20-23H,3-13,18-19H2,1-2H3. The molecular formula is C25H40O2. The molecule has 0 bridgehead atoms. The van der Waals surface area contributed by atoms with Crippen LogP contribution in [0, 0.1) is 23.7 Å². The Kier molecular flexibility index (Phi) is 8.35. The lowest BCUT2D eigenvalue weighted by molar-refractivity contribution is 0.181. The molecule has 2 aliphatic rings. The Morgan fingerprint density at radius 3 is 2.11 bits per heavy atom. The first-order valence-corrected chi connectivity index (χ1v) is 11.6. The molecular weight excluding hydrogens is 332 g/mol. The molecule has 27 heavy (non-hydrogen) atoms. The molecule has 1 aromatic rings. The monoisotopic (exact) mass is 372 g/mol. The van der Waals surface area contributed by atoms with Crippen molar-refractivity contribution in [3.63, 3.8) is 0 Å². The van der Waals surface area contributed by atoms with Gasteiger partial charge in [0.1, 0.15) is 11.5 Å². The summed E-state index contributed by atoms with van der Waals surface area (Å²) in [6.45, 7) is 6.46. The summed E-state index contributed by atoms with van der Waals surface area (Å²) in [6.07, 6.45) is 15.0. The third-order valence-corrected chi connectivity index (χ3v) is 7.13. The summed E-state index contributed by atoms with van der Waals surface area (Å²) in [7, 11) is 0. The lowest BCUT2D eigenvalue weighted by Crippen LogP contribution is -2.19. The smallest absolute Gasteiger partial charge is 0.119 e. The molecule has 0 N–H and O–H groups in total. The van der Waals surface area contributed by atoms with Crippen LogP contribution in [0.15, 0.2) is 24.3 Å².